The second-order valence-corrected chi connectivity index (χ2v) is 7.43. The normalized spacial score (nSPS) is 10.7. The predicted molar refractivity (Wildman–Crippen MR) is 118 cm³/mol. The van der Waals surface area contributed by atoms with E-state index in [-0.39, 0.29) is 11.7 Å². The maximum Gasteiger partial charge on any atom is 0.237 e. The van der Waals surface area contributed by atoms with E-state index >= 15 is 0 Å². The van der Waals surface area contributed by atoms with Crippen molar-refractivity contribution in [3.05, 3.63) is 79.1 Å². The number of carbonyl (C=O) groups is 1. The van der Waals surface area contributed by atoms with Crippen LogP contribution < -0.4 is 9.64 Å². The number of anilines is 1. The second-order valence-electron chi connectivity index (χ2n) is 6.49. The van der Waals surface area contributed by atoms with E-state index in [4.69, 9.17) is 4.74 Å². The molecule has 152 valence electrons. The zero-order valence-corrected chi connectivity index (χ0v) is 17.5. The summed E-state index contributed by atoms with van der Waals surface area (Å²) in [5.41, 5.74) is 1.76. The van der Waals surface area contributed by atoms with Gasteiger partial charge in [-0.15, -0.1) is 10.2 Å². The summed E-state index contributed by atoms with van der Waals surface area (Å²) in [6.45, 7) is 0. The van der Waals surface area contributed by atoms with Gasteiger partial charge in [-0.1, -0.05) is 30.0 Å². The molecule has 0 saturated heterocycles. The van der Waals surface area contributed by atoms with Crippen LogP contribution in [-0.2, 0) is 4.79 Å². The number of rotatable bonds is 7. The SMILES string of the molecule is COc1ccc(-c2nnc(SCC(=O)N(C)c3ccccc3)n2-n2cccc2)cc1. The molecule has 0 bridgehead atoms. The molecule has 0 unspecified atom stereocenters. The van der Waals surface area contributed by atoms with Gasteiger partial charge in [-0.05, 0) is 48.5 Å². The number of ether oxygens (including phenoxy) is 1. The van der Waals surface area contributed by atoms with Crippen LogP contribution in [0.15, 0.2) is 84.3 Å². The van der Waals surface area contributed by atoms with Crippen LogP contribution in [-0.4, -0.2) is 45.4 Å². The third-order valence-corrected chi connectivity index (χ3v) is 5.53. The molecule has 0 saturated carbocycles. The summed E-state index contributed by atoms with van der Waals surface area (Å²) in [4.78, 5) is 14.3. The second kappa shape index (κ2) is 8.87. The van der Waals surface area contributed by atoms with E-state index in [9.17, 15) is 4.79 Å². The molecule has 2 aromatic carbocycles. The minimum Gasteiger partial charge on any atom is -0.497 e. The van der Waals surface area contributed by atoms with Crippen molar-refractivity contribution >= 4 is 23.4 Å². The fourth-order valence-electron chi connectivity index (χ4n) is 2.96. The molecule has 0 fully saturated rings. The van der Waals surface area contributed by atoms with Crippen molar-refractivity contribution < 1.29 is 9.53 Å². The standard InChI is InChI=1S/C22H21N5O2S/c1-25(18-8-4-3-5-9-18)20(28)16-30-22-24-23-21(27(22)26-14-6-7-15-26)17-10-12-19(29-2)13-11-17/h3-15H,16H2,1-2H3. The van der Waals surface area contributed by atoms with Crippen LogP contribution in [0.5, 0.6) is 5.75 Å². The van der Waals surface area contributed by atoms with E-state index < -0.39 is 0 Å². The lowest BCUT2D eigenvalue weighted by molar-refractivity contribution is -0.115. The van der Waals surface area contributed by atoms with Gasteiger partial charge >= 0.3 is 0 Å². The fraction of sp³-hybridized carbons (Fsp3) is 0.136. The van der Waals surface area contributed by atoms with Crippen molar-refractivity contribution in [3.63, 3.8) is 0 Å². The highest BCUT2D eigenvalue weighted by molar-refractivity contribution is 7.99. The number of nitrogens with zero attached hydrogens (tertiary/aromatic N) is 5. The molecule has 4 rings (SSSR count). The molecule has 4 aromatic rings. The minimum absolute atomic E-state index is 0.0146. The molecule has 0 aliphatic carbocycles. The summed E-state index contributed by atoms with van der Waals surface area (Å²) in [7, 11) is 3.41. The summed E-state index contributed by atoms with van der Waals surface area (Å²) < 4.78 is 9.03. The molecule has 0 aliphatic heterocycles. The summed E-state index contributed by atoms with van der Waals surface area (Å²) in [5.74, 6) is 1.68. The van der Waals surface area contributed by atoms with Gasteiger partial charge in [0.15, 0.2) is 5.82 Å². The minimum atomic E-state index is -0.0146. The van der Waals surface area contributed by atoms with Gasteiger partial charge in [-0.3, -0.25) is 9.47 Å². The average molecular weight is 420 g/mol. The van der Waals surface area contributed by atoms with Gasteiger partial charge in [-0.25, -0.2) is 4.68 Å². The molecule has 30 heavy (non-hydrogen) atoms. The summed E-state index contributed by atoms with van der Waals surface area (Å²) in [5, 5.41) is 9.36. The quantitative estimate of drug-likeness (QED) is 0.426. The summed E-state index contributed by atoms with van der Waals surface area (Å²) >= 11 is 1.35. The molecular formula is C22H21N5O2S. The Kier molecular flexibility index (Phi) is 5.85. The molecule has 0 spiro atoms. The Hall–Kier alpha value is -3.52. The van der Waals surface area contributed by atoms with Crippen molar-refractivity contribution in [1.29, 1.82) is 0 Å². The van der Waals surface area contributed by atoms with Crippen LogP contribution in [0.25, 0.3) is 11.4 Å². The third kappa shape index (κ3) is 4.08. The fourth-order valence-corrected chi connectivity index (χ4v) is 3.81. The van der Waals surface area contributed by atoms with Crippen LogP contribution in [0.1, 0.15) is 0 Å². The Morgan fingerprint density at radius 1 is 1.00 bits per heavy atom. The van der Waals surface area contributed by atoms with Crippen molar-refractivity contribution in [2.24, 2.45) is 0 Å². The van der Waals surface area contributed by atoms with E-state index in [2.05, 4.69) is 10.2 Å². The lowest BCUT2D eigenvalue weighted by atomic mass is 10.2. The van der Waals surface area contributed by atoms with Crippen molar-refractivity contribution in [3.8, 4) is 17.1 Å². The predicted octanol–water partition coefficient (Wildman–Crippen LogP) is 3.82. The Labute approximate surface area is 178 Å². The first-order valence-corrected chi connectivity index (χ1v) is 10.3. The monoisotopic (exact) mass is 419 g/mol. The number of methoxy groups -OCH3 is 1. The van der Waals surface area contributed by atoms with E-state index in [1.807, 2.05) is 88.5 Å². The van der Waals surface area contributed by atoms with Crippen LogP contribution in [0.3, 0.4) is 0 Å². The molecule has 2 aromatic heterocycles. The Morgan fingerprint density at radius 2 is 1.70 bits per heavy atom. The van der Waals surface area contributed by atoms with Crippen LogP contribution >= 0.6 is 11.8 Å². The maximum atomic E-state index is 12.7. The first-order valence-electron chi connectivity index (χ1n) is 9.35. The largest absolute Gasteiger partial charge is 0.497 e. The van der Waals surface area contributed by atoms with Gasteiger partial charge in [0, 0.05) is 30.7 Å². The van der Waals surface area contributed by atoms with Gasteiger partial charge in [-0.2, -0.15) is 0 Å². The number of carbonyl (C=O) groups excluding carboxylic acids is 1. The van der Waals surface area contributed by atoms with Gasteiger partial charge in [0.1, 0.15) is 5.75 Å². The topological polar surface area (TPSA) is 65.2 Å². The maximum absolute atomic E-state index is 12.7. The van der Waals surface area contributed by atoms with E-state index in [0.717, 1.165) is 17.0 Å². The van der Waals surface area contributed by atoms with Crippen LogP contribution in [0.4, 0.5) is 5.69 Å². The van der Waals surface area contributed by atoms with Crippen molar-refractivity contribution in [2.75, 3.05) is 24.8 Å². The smallest absolute Gasteiger partial charge is 0.237 e. The zero-order valence-electron chi connectivity index (χ0n) is 16.7. The first-order chi connectivity index (χ1) is 14.7. The average Bonchev–Trinajstić information content (AvgIpc) is 3.47. The van der Waals surface area contributed by atoms with Crippen LogP contribution in [0, 0.1) is 0 Å². The van der Waals surface area contributed by atoms with E-state index in [0.29, 0.717) is 11.0 Å². The number of benzene rings is 2. The zero-order chi connectivity index (χ0) is 20.9. The summed E-state index contributed by atoms with van der Waals surface area (Å²) in [6, 6.07) is 21.1. The molecule has 0 N–H and O–H groups in total. The highest BCUT2D eigenvalue weighted by Gasteiger charge is 2.18. The third-order valence-electron chi connectivity index (χ3n) is 4.62. The lowest BCUT2D eigenvalue weighted by Gasteiger charge is -2.17. The molecule has 1 amide bonds. The molecular weight excluding hydrogens is 398 g/mol. The van der Waals surface area contributed by atoms with Crippen LogP contribution in [0.2, 0.25) is 0 Å². The number of para-hydroxylation sites is 1. The molecule has 2 heterocycles. The number of hydrogen-bond acceptors (Lipinski definition) is 5. The molecule has 0 atom stereocenters. The van der Waals surface area contributed by atoms with Crippen molar-refractivity contribution in [2.45, 2.75) is 5.16 Å². The Bertz CT molecular complexity index is 1110. The van der Waals surface area contributed by atoms with E-state index in [1.165, 1.54) is 11.8 Å². The Morgan fingerprint density at radius 3 is 2.37 bits per heavy atom. The number of thioether (sulfide) groups is 1. The lowest BCUT2D eigenvalue weighted by Crippen LogP contribution is -2.28. The Balaban J connectivity index is 1.59. The van der Waals surface area contributed by atoms with Gasteiger partial charge in [0.05, 0.1) is 12.9 Å². The summed E-state index contributed by atoms with van der Waals surface area (Å²) in [6.07, 6.45) is 3.83. The van der Waals surface area contributed by atoms with Gasteiger partial charge in [0.2, 0.25) is 11.1 Å². The number of aromatic nitrogens is 4. The highest BCUT2D eigenvalue weighted by atomic mass is 32.2. The molecule has 0 aliphatic rings. The molecule has 0 radical (unpaired) electrons. The van der Waals surface area contributed by atoms with E-state index in [1.54, 1.807) is 19.1 Å². The molecule has 7 nitrogen and oxygen atoms in total. The van der Waals surface area contributed by atoms with Crippen molar-refractivity contribution in [1.82, 2.24) is 19.5 Å². The van der Waals surface area contributed by atoms with Gasteiger partial charge < -0.3 is 9.64 Å². The highest BCUT2D eigenvalue weighted by Crippen LogP contribution is 2.26. The van der Waals surface area contributed by atoms with Gasteiger partial charge in [0.25, 0.3) is 0 Å². The first kappa shape index (κ1) is 19.8. The number of hydrogen-bond donors (Lipinski definition) is 0. The molecule has 8 heteroatoms. The number of amides is 1.